The highest BCUT2D eigenvalue weighted by atomic mass is 16.6. The van der Waals surface area contributed by atoms with Crippen molar-refractivity contribution in [2.45, 2.75) is 0 Å². The van der Waals surface area contributed by atoms with Crippen LogP contribution in [0.4, 0.5) is 4.79 Å². The maximum Gasteiger partial charge on any atom is 0.503 e. The van der Waals surface area contributed by atoms with Gasteiger partial charge in [0.15, 0.2) is 0 Å². The molecule has 1 rings (SSSR count). The van der Waals surface area contributed by atoms with Gasteiger partial charge in [-0.2, -0.15) is 0 Å². The van der Waals surface area contributed by atoms with Crippen LogP contribution in [-0.4, -0.2) is 16.4 Å². The predicted octanol–water partition coefficient (Wildman–Crippen LogP) is 2.55. The molecule has 0 heterocycles. The summed E-state index contributed by atoms with van der Waals surface area (Å²) in [7, 11) is 0. The van der Waals surface area contributed by atoms with Crippen LogP contribution in [0.15, 0.2) is 36.9 Å². The number of hydrogen-bond donors (Lipinski definition) is 2. The molecular weight excluding hydrogens is 156 g/mol. The highest BCUT2D eigenvalue weighted by molar-refractivity contribution is 5.53. The molecule has 0 atom stereocenters. The van der Waals surface area contributed by atoms with Crippen LogP contribution in [0.1, 0.15) is 5.56 Å². The first-order valence-electron chi connectivity index (χ1n) is 3.26. The average molecular weight is 166 g/mol. The lowest BCUT2D eigenvalue weighted by Gasteiger charge is -1.85. The second-order valence-electron chi connectivity index (χ2n) is 1.90. The van der Waals surface area contributed by atoms with Crippen molar-refractivity contribution in [1.29, 1.82) is 0 Å². The molecule has 0 amide bonds. The fraction of sp³-hybridized carbons (Fsp3) is 0. The highest BCUT2D eigenvalue weighted by Crippen LogP contribution is 1.97. The number of carboxylic acid groups (broad SMARTS) is 2. The van der Waals surface area contributed by atoms with Crippen molar-refractivity contribution >= 4 is 12.2 Å². The van der Waals surface area contributed by atoms with Gasteiger partial charge in [0.25, 0.3) is 0 Å². The summed E-state index contributed by atoms with van der Waals surface area (Å²) in [6.45, 7) is 3.63. The first-order valence-corrected chi connectivity index (χ1v) is 3.26. The van der Waals surface area contributed by atoms with E-state index in [1.54, 1.807) is 0 Å². The first kappa shape index (κ1) is 10.2. The molecule has 0 bridgehead atoms. The molecule has 2 N–H and O–H groups in total. The van der Waals surface area contributed by atoms with Crippen LogP contribution in [0.5, 0.6) is 0 Å². The summed E-state index contributed by atoms with van der Waals surface area (Å²) in [6.07, 6.45) is 0. The molecule has 3 nitrogen and oxygen atoms in total. The molecule has 0 radical (unpaired) electrons. The highest BCUT2D eigenvalue weighted by Gasteiger charge is 1.75. The van der Waals surface area contributed by atoms with E-state index in [0.29, 0.717) is 0 Å². The quantitative estimate of drug-likeness (QED) is 0.674. The summed E-state index contributed by atoms with van der Waals surface area (Å²) in [6, 6.07) is 10.0. The lowest BCUT2D eigenvalue weighted by molar-refractivity contribution is 0.137. The lowest BCUT2D eigenvalue weighted by Crippen LogP contribution is -1.81. The Labute approximate surface area is 70.6 Å². The predicted molar refractivity (Wildman–Crippen MR) is 47.2 cm³/mol. The van der Waals surface area contributed by atoms with E-state index in [1.807, 2.05) is 36.4 Å². The third kappa shape index (κ3) is 6.35. The molecule has 0 aliphatic carbocycles. The molecule has 0 aromatic heterocycles. The Kier molecular flexibility index (Phi) is 5.09. The van der Waals surface area contributed by atoms with Crippen molar-refractivity contribution < 1.29 is 15.0 Å². The molecule has 0 fully saturated rings. The van der Waals surface area contributed by atoms with Crippen molar-refractivity contribution in [2.24, 2.45) is 0 Å². The Morgan fingerprint density at radius 3 is 1.92 bits per heavy atom. The van der Waals surface area contributed by atoms with E-state index in [9.17, 15) is 0 Å². The van der Waals surface area contributed by atoms with Crippen LogP contribution in [0.3, 0.4) is 0 Å². The van der Waals surface area contributed by atoms with Gasteiger partial charge in [-0.3, -0.25) is 0 Å². The molecule has 1 aromatic rings. The number of hydrogen-bond acceptors (Lipinski definition) is 1. The van der Waals surface area contributed by atoms with Gasteiger partial charge in [0.1, 0.15) is 0 Å². The SMILES string of the molecule is C=Cc1ccccc1.O=C(O)O. The van der Waals surface area contributed by atoms with Crippen LogP contribution < -0.4 is 0 Å². The van der Waals surface area contributed by atoms with E-state index in [0.717, 1.165) is 0 Å². The molecule has 0 aliphatic rings. The van der Waals surface area contributed by atoms with E-state index >= 15 is 0 Å². The van der Waals surface area contributed by atoms with Crippen LogP contribution in [-0.2, 0) is 0 Å². The van der Waals surface area contributed by atoms with Crippen LogP contribution in [0.2, 0.25) is 0 Å². The lowest BCUT2D eigenvalue weighted by atomic mass is 10.2. The minimum absolute atomic E-state index is 1.17. The summed E-state index contributed by atoms with van der Waals surface area (Å²) in [4.78, 5) is 8.56. The van der Waals surface area contributed by atoms with Crippen molar-refractivity contribution in [1.82, 2.24) is 0 Å². The zero-order valence-corrected chi connectivity index (χ0v) is 6.47. The Bertz CT molecular complexity index is 237. The molecule has 3 heteroatoms. The smallest absolute Gasteiger partial charge is 0.450 e. The van der Waals surface area contributed by atoms with Gasteiger partial charge >= 0.3 is 6.16 Å². The maximum atomic E-state index is 8.56. The van der Waals surface area contributed by atoms with Gasteiger partial charge < -0.3 is 10.2 Å². The maximum absolute atomic E-state index is 8.56. The van der Waals surface area contributed by atoms with Crippen molar-refractivity contribution in [3.05, 3.63) is 42.5 Å². The van der Waals surface area contributed by atoms with Gasteiger partial charge in [-0.25, -0.2) is 4.79 Å². The van der Waals surface area contributed by atoms with Gasteiger partial charge in [-0.1, -0.05) is 43.0 Å². The van der Waals surface area contributed by atoms with Gasteiger partial charge in [-0.15, -0.1) is 0 Å². The number of rotatable bonds is 1. The van der Waals surface area contributed by atoms with Crippen molar-refractivity contribution in [2.75, 3.05) is 0 Å². The number of carbonyl (C=O) groups is 1. The van der Waals surface area contributed by atoms with E-state index in [2.05, 4.69) is 6.58 Å². The second kappa shape index (κ2) is 5.97. The molecule has 12 heavy (non-hydrogen) atoms. The zero-order chi connectivity index (χ0) is 9.40. The average Bonchev–Trinajstić information content (AvgIpc) is 2.05. The molecule has 64 valence electrons. The topological polar surface area (TPSA) is 57.5 Å². The second-order valence-corrected chi connectivity index (χ2v) is 1.90. The zero-order valence-electron chi connectivity index (χ0n) is 6.47. The third-order valence-electron chi connectivity index (χ3n) is 1.04. The molecular formula is C9H10O3. The third-order valence-corrected chi connectivity index (χ3v) is 1.04. The van der Waals surface area contributed by atoms with Gasteiger partial charge in [-0.05, 0) is 5.56 Å². The number of benzene rings is 1. The fourth-order valence-corrected chi connectivity index (χ4v) is 0.589. The summed E-state index contributed by atoms with van der Waals surface area (Å²) in [5, 5.41) is 13.9. The van der Waals surface area contributed by atoms with E-state index < -0.39 is 6.16 Å². The van der Waals surface area contributed by atoms with Gasteiger partial charge in [0, 0.05) is 0 Å². The Balaban J connectivity index is 0.000000261. The van der Waals surface area contributed by atoms with Crippen LogP contribution in [0.25, 0.3) is 6.08 Å². The summed E-state index contributed by atoms with van der Waals surface area (Å²) >= 11 is 0. The summed E-state index contributed by atoms with van der Waals surface area (Å²) in [5.41, 5.74) is 1.17. The summed E-state index contributed by atoms with van der Waals surface area (Å²) in [5.74, 6) is 0. The molecule has 0 spiro atoms. The van der Waals surface area contributed by atoms with Crippen LogP contribution >= 0.6 is 0 Å². The van der Waals surface area contributed by atoms with Crippen molar-refractivity contribution in [3.8, 4) is 0 Å². The van der Waals surface area contributed by atoms with Gasteiger partial charge in [0.2, 0.25) is 0 Å². The normalized spacial score (nSPS) is 7.67. The Hall–Kier alpha value is -1.77. The standard InChI is InChI=1S/C8H8.CH2O3/c1-2-8-6-4-3-5-7-8;2-1(3)4/h2-7H,1H2;(H2,2,3,4). The molecule has 0 unspecified atom stereocenters. The Morgan fingerprint density at radius 2 is 1.67 bits per heavy atom. The van der Waals surface area contributed by atoms with Crippen LogP contribution in [0, 0.1) is 0 Å². The monoisotopic (exact) mass is 166 g/mol. The first-order chi connectivity index (χ1) is 5.66. The fourth-order valence-electron chi connectivity index (χ4n) is 0.589. The molecule has 0 saturated heterocycles. The molecule has 1 aromatic carbocycles. The van der Waals surface area contributed by atoms with E-state index in [4.69, 9.17) is 15.0 Å². The van der Waals surface area contributed by atoms with Gasteiger partial charge in [0.05, 0.1) is 0 Å². The largest absolute Gasteiger partial charge is 0.503 e. The Morgan fingerprint density at radius 1 is 1.25 bits per heavy atom. The summed E-state index contributed by atoms with van der Waals surface area (Å²) < 4.78 is 0. The van der Waals surface area contributed by atoms with E-state index in [-0.39, 0.29) is 0 Å². The van der Waals surface area contributed by atoms with E-state index in [1.165, 1.54) is 5.56 Å². The minimum Gasteiger partial charge on any atom is -0.450 e. The molecule has 0 aliphatic heterocycles. The molecule has 0 saturated carbocycles. The minimum atomic E-state index is -1.83. The van der Waals surface area contributed by atoms with Crippen molar-refractivity contribution in [3.63, 3.8) is 0 Å².